The molecule has 0 unspecified atom stereocenters. The monoisotopic (exact) mass is 352 g/mol. The van der Waals surface area contributed by atoms with Crippen molar-refractivity contribution < 1.29 is 27.5 Å². The number of phenols is 1. The number of aromatic hydroxyl groups is 1. The second-order valence-electron chi connectivity index (χ2n) is 3.79. The molecular weight excluding hydrogens is 345 g/mol. The molecule has 0 radical (unpaired) electrons. The number of halogens is 4. The second kappa shape index (κ2) is 5.80. The Morgan fingerprint density at radius 1 is 1.35 bits per heavy atom. The van der Waals surface area contributed by atoms with Gasteiger partial charge in [0.15, 0.2) is 5.82 Å². The molecular formula is C11H8BrF3N2O3. The van der Waals surface area contributed by atoms with Gasteiger partial charge in [0.1, 0.15) is 19.0 Å². The van der Waals surface area contributed by atoms with Crippen LogP contribution in [0.1, 0.15) is 5.82 Å². The molecule has 0 atom stereocenters. The third kappa shape index (κ3) is 3.94. The smallest absolute Gasteiger partial charge is 0.411 e. The molecule has 2 aromatic rings. The molecule has 1 N–H and O–H groups in total. The molecule has 108 valence electrons. The molecule has 1 heterocycles. The number of nitrogens with zero attached hydrogens (tertiary/aromatic N) is 2. The highest BCUT2D eigenvalue weighted by Crippen LogP contribution is 2.29. The molecule has 2 rings (SSSR count). The summed E-state index contributed by atoms with van der Waals surface area (Å²) in [7, 11) is 0. The Balaban J connectivity index is 2.03. The van der Waals surface area contributed by atoms with E-state index in [1.807, 2.05) is 0 Å². The first-order valence-electron chi connectivity index (χ1n) is 5.31. The lowest BCUT2D eigenvalue weighted by atomic mass is 10.2. The highest BCUT2D eigenvalue weighted by molar-refractivity contribution is 9.10. The maximum Gasteiger partial charge on any atom is 0.411 e. The maximum absolute atomic E-state index is 11.9. The van der Waals surface area contributed by atoms with Crippen LogP contribution in [0.4, 0.5) is 13.2 Å². The minimum absolute atomic E-state index is 0.00772. The topological polar surface area (TPSA) is 68.4 Å². The van der Waals surface area contributed by atoms with Crippen LogP contribution in [0.2, 0.25) is 0 Å². The average Bonchev–Trinajstić information content (AvgIpc) is 2.80. The molecule has 9 heteroatoms. The highest BCUT2D eigenvalue weighted by atomic mass is 79.9. The summed E-state index contributed by atoms with van der Waals surface area (Å²) in [4.78, 5) is 3.87. The Morgan fingerprint density at radius 3 is 2.75 bits per heavy atom. The van der Waals surface area contributed by atoms with E-state index in [2.05, 4.69) is 30.8 Å². The minimum Gasteiger partial charge on any atom is -0.507 e. The second-order valence-corrected chi connectivity index (χ2v) is 4.64. The zero-order valence-corrected chi connectivity index (χ0v) is 11.4. The van der Waals surface area contributed by atoms with Crippen molar-refractivity contribution in [3.05, 3.63) is 28.5 Å². The summed E-state index contributed by atoms with van der Waals surface area (Å²) in [6.07, 6.45) is -4.40. The van der Waals surface area contributed by atoms with Gasteiger partial charge in [-0.2, -0.15) is 18.2 Å². The van der Waals surface area contributed by atoms with E-state index in [-0.39, 0.29) is 17.5 Å². The van der Waals surface area contributed by atoms with Crippen LogP contribution in [0, 0.1) is 0 Å². The van der Waals surface area contributed by atoms with Crippen molar-refractivity contribution in [1.29, 1.82) is 0 Å². The number of rotatable bonds is 4. The van der Waals surface area contributed by atoms with Crippen molar-refractivity contribution in [2.45, 2.75) is 12.8 Å². The van der Waals surface area contributed by atoms with Crippen LogP contribution in [0.15, 0.2) is 27.2 Å². The summed E-state index contributed by atoms with van der Waals surface area (Å²) in [5, 5.41) is 13.0. The van der Waals surface area contributed by atoms with Crippen LogP contribution >= 0.6 is 15.9 Å². The summed E-state index contributed by atoms with van der Waals surface area (Å²) in [5.41, 5.74) is 0.445. The summed E-state index contributed by atoms with van der Waals surface area (Å²) in [6.45, 7) is -1.79. The molecule has 1 aromatic carbocycles. The average molecular weight is 353 g/mol. The van der Waals surface area contributed by atoms with Gasteiger partial charge in [0, 0.05) is 5.56 Å². The molecule has 0 aliphatic rings. The van der Waals surface area contributed by atoms with Crippen molar-refractivity contribution in [1.82, 2.24) is 10.1 Å². The van der Waals surface area contributed by atoms with Gasteiger partial charge >= 0.3 is 6.18 Å². The predicted molar refractivity (Wildman–Crippen MR) is 64.8 cm³/mol. The molecule has 1 aromatic heterocycles. The molecule has 0 bridgehead atoms. The quantitative estimate of drug-likeness (QED) is 0.914. The number of aromatic nitrogens is 2. The summed E-state index contributed by atoms with van der Waals surface area (Å²) in [5.74, 6) is 0.0561. The van der Waals surface area contributed by atoms with E-state index >= 15 is 0 Å². The predicted octanol–water partition coefficient (Wildman–Crippen LogP) is 3.28. The van der Waals surface area contributed by atoms with Crippen molar-refractivity contribution in [3.8, 4) is 17.2 Å². The highest BCUT2D eigenvalue weighted by Gasteiger charge is 2.27. The molecule has 0 amide bonds. The van der Waals surface area contributed by atoms with Crippen LogP contribution in [0.3, 0.4) is 0 Å². The van der Waals surface area contributed by atoms with Crippen LogP contribution in [0.5, 0.6) is 5.75 Å². The third-order valence-corrected chi connectivity index (χ3v) is 2.83. The van der Waals surface area contributed by atoms with E-state index in [0.717, 1.165) is 0 Å². The van der Waals surface area contributed by atoms with Gasteiger partial charge in [0.05, 0.1) is 4.47 Å². The zero-order valence-electron chi connectivity index (χ0n) is 9.82. The third-order valence-electron chi connectivity index (χ3n) is 2.16. The van der Waals surface area contributed by atoms with Gasteiger partial charge < -0.3 is 14.4 Å². The fraction of sp³-hybridized carbons (Fsp3) is 0.273. The van der Waals surface area contributed by atoms with Gasteiger partial charge in [0.25, 0.3) is 5.89 Å². The Kier molecular flexibility index (Phi) is 4.29. The molecule has 0 fully saturated rings. The van der Waals surface area contributed by atoms with E-state index in [4.69, 9.17) is 4.52 Å². The van der Waals surface area contributed by atoms with Crippen molar-refractivity contribution in [2.75, 3.05) is 6.61 Å². The number of benzene rings is 1. The maximum atomic E-state index is 11.9. The van der Waals surface area contributed by atoms with Gasteiger partial charge in [-0.3, -0.25) is 0 Å². The Labute approximate surface area is 119 Å². The molecule has 5 nitrogen and oxygen atoms in total. The largest absolute Gasteiger partial charge is 0.507 e. The number of hydrogen-bond donors (Lipinski definition) is 1. The van der Waals surface area contributed by atoms with Crippen LogP contribution in [-0.4, -0.2) is 28.0 Å². The van der Waals surface area contributed by atoms with Gasteiger partial charge in [0.2, 0.25) is 0 Å². The fourth-order valence-corrected chi connectivity index (χ4v) is 1.58. The number of ether oxygens (including phenoxy) is 1. The van der Waals surface area contributed by atoms with Gasteiger partial charge in [-0.15, -0.1) is 0 Å². The fourth-order valence-electron chi connectivity index (χ4n) is 1.33. The first-order valence-corrected chi connectivity index (χ1v) is 6.10. The standard InChI is InChI=1S/C11H8BrF3N2O3/c12-7-2-1-6(3-8(7)18)10-16-9(17-20-10)4-19-5-11(13,14)15/h1-3,18H,4-5H2. The number of alkyl halides is 3. The van der Waals surface area contributed by atoms with E-state index in [0.29, 0.717) is 10.0 Å². The lowest BCUT2D eigenvalue weighted by Gasteiger charge is -2.04. The zero-order chi connectivity index (χ0) is 14.8. The normalized spacial score (nSPS) is 11.8. The molecule has 0 aliphatic carbocycles. The van der Waals surface area contributed by atoms with Gasteiger partial charge in [-0.25, -0.2) is 0 Å². The SMILES string of the molecule is Oc1cc(-c2nc(COCC(F)(F)F)no2)ccc1Br. The van der Waals surface area contributed by atoms with Crippen LogP contribution in [-0.2, 0) is 11.3 Å². The molecule has 0 saturated carbocycles. The minimum atomic E-state index is -4.40. The van der Waals surface area contributed by atoms with Crippen molar-refractivity contribution in [3.63, 3.8) is 0 Å². The Hall–Kier alpha value is -1.61. The summed E-state index contributed by atoms with van der Waals surface area (Å²) >= 11 is 3.12. The molecule has 0 aliphatic heterocycles. The molecule has 20 heavy (non-hydrogen) atoms. The van der Waals surface area contributed by atoms with E-state index in [9.17, 15) is 18.3 Å². The van der Waals surface area contributed by atoms with Crippen molar-refractivity contribution >= 4 is 15.9 Å². The Morgan fingerprint density at radius 2 is 2.10 bits per heavy atom. The van der Waals surface area contributed by atoms with Gasteiger partial charge in [-0.05, 0) is 34.1 Å². The van der Waals surface area contributed by atoms with E-state index in [1.165, 1.54) is 6.07 Å². The molecule has 0 spiro atoms. The first kappa shape index (κ1) is 14.8. The summed E-state index contributed by atoms with van der Waals surface area (Å²) in [6, 6.07) is 4.57. The van der Waals surface area contributed by atoms with Gasteiger partial charge in [-0.1, -0.05) is 5.16 Å². The summed E-state index contributed by atoms with van der Waals surface area (Å²) < 4.78 is 45.5. The first-order chi connectivity index (χ1) is 9.35. The number of hydrogen-bond acceptors (Lipinski definition) is 5. The van der Waals surface area contributed by atoms with Crippen LogP contribution in [0.25, 0.3) is 11.5 Å². The lowest BCUT2D eigenvalue weighted by molar-refractivity contribution is -0.177. The Bertz CT molecular complexity index is 601. The van der Waals surface area contributed by atoms with Crippen molar-refractivity contribution in [2.24, 2.45) is 0 Å². The lowest BCUT2D eigenvalue weighted by Crippen LogP contribution is -2.16. The molecule has 0 saturated heterocycles. The van der Waals surface area contributed by atoms with E-state index < -0.39 is 19.4 Å². The van der Waals surface area contributed by atoms with E-state index in [1.54, 1.807) is 12.1 Å². The van der Waals surface area contributed by atoms with Crippen LogP contribution < -0.4 is 0 Å². The number of phenolic OH excluding ortho intramolecular Hbond substituents is 1.